The number of amides is 2. The first-order valence-corrected chi connectivity index (χ1v) is 12.1. The SMILES string of the molecule is CCCN(CCC)C(=O)c1cc(C)cc(C(=O)NCCC(O)CNCc2cccc(OC)c2)c1. The fourth-order valence-corrected chi connectivity index (χ4v) is 3.80. The molecular formula is C27H39N3O4. The van der Waals surface area contributed by atoms with Crippen LogP contribution < -0.4 is 15.4 Å². The van der Waals surface area contributed by atoms with Crippen LogP contribution in [0.2, 0.25) is 0 Å². The Bertz CT molecular complexity index is 926. The van der Waals surface area contributed by atoms with E-state index >= 15 is 0 Å². The number of benzene rings is 2. The van der Waals surface area contributed by atoms with Crippen LogP contribution in [0.5, 0.6) is 5.75 Å². The van der Waals surface area contributed by atoms with E-state index in [0.717, 1.165) is 29.7 Å². The molecule has 0 aliphatic heterocycles. The highest BCUT2D eigenvalue weighted by Gasteiger charge is 2.17. The maximum Gasteiger partial charge on any atom is 0.253 e. The third-order valence-corrected chi connectivity index (χ3v) is 5.47. The van der Waals surface area contributed by atoms with E-state index in [1.807, 2.05) is 56.0 Å². The molecule has 0 aliphatic rings. The Morgan fingerprint density at radius 1 is 1.06 bits per heavy atom. The molecule has 7 nitrogen and oxygen atoms in total. The minimum atomic E-state index is -0.586. The van der Waals surface area contributed by atoms with Crippen molar-refractivity contribution in [3.63, 3.8) is 0 Å². The molecule has 1 unspecified atom stereocenters. The van der Waals surface area contributed by atoms with E-state index in [1.54, 1.807) is 19.2 Å². The molecule has 0 saturated carbocycles. The minimum absolute atomic E-state index is 0.0426. The fraction of sp³-hybridized carbons (Fsp3) is 0.481. The van der Waals surface area contributed by atoms with Gasteiger partial charge >= 0.3 is 0 Å². The van der Waals surface area contributed by atoms with Gasteiger partial charge in [0.2, 0.25) is 0 Å². The molecule has 1 atom stereocenters. The molecule has 0 bridgehead atoms. The van der Waals surface area contributed by atoms with Crippen molar-refractivity contribution in [2.24, 2.45) is 0 Å². The quantitative estimate of drug-likeness (QED) is 0.394. The molecule has 7 heteroatoms. The van der Waals surface area contributed by atoms with Crippen molar-refractivity contribution < 1.29 is 19.4 Å². The van der Waals surface area contributed by atoms with E-state index in [0.29, 0.717) is 50.3 Å². The van der Waals surface area contributed by atoms with E-state index < -0.39 is 6.10 Å². The van der Waals surface area contributed by atoms with E-state index in [1.165, 1.54) is 0 Å². The number of hydrogen-bond donors (Lipinski definition) is 3. The number of hydrogen-bond acceptors (Lipinski definition) is 5. The summed E-state index contributed by atoms with van der Waals surface area (Å²) in [5, 5.41) is 16.3. The molecule has 2 rings (SSSR count). The third-order valence-electron chi connectivity index (χ3n) is 5.47. The van der Waals surface area contributed by atoms with Crippen molar-refractivity contribution in [1.82, 2.24) is 15.5 Å². The van der Waals surface area contributed by atoms with Crippen LogP contribution in [0, 0.1) is 6.92 Å². The Labute approximate surface area is 203 Å². The highest BCUT2D eigenvalue weighted by atomic mass is 16.5. The van der Waals surface area contributed by atoms with Gasteiger partial charge in [-0.1, -0.05) is 26.0 Å². The summed E-state index contributed by atoms with van der Waals surface area (Å²) in [5.41, 5.74) is 2.93. The molecule has 186 valence electrons. The zero-order valence-corrected chi connectivity index (χ0v) is 20.9. The normalized spacial score (nSPS) is 11.7. The third kappa shape index (κ3) is 8.80. The van der Waals surface area contributed by atoms with Crippen LogP contribution in [0.4, 0.5) is 0 Å². The Hall–Kier alpha value is -2.90. The predicted molar refractivity (Wildman–Crippen MR) is 135 cm³/mol. The molecular weight excluding hydrogens is 430 g/mol. The second-order valence-electron chi connectivity index (χ2n) is 8.56. The van der Waals surface area contributed by atoms with Crippen molar-refractivity contribution in [2.75, 3.05) is 33.3 Å². The van der Waals surface area contributed by atoms with Gasteiger partial charge in [-0.15, -0.1) is 0 Å². The van der Waals surface area contributed by atoms with Crippen LogP contribution in [-0.2, 0) is 6.54 Å². The minimum Gasteiger partial charge on any atom is -0.497 e. The summed E-state index contributed by atoms with van der Waals surface area (Å²) in [4.78, 5) is 27.5. The summed E-state index contributed by atoms with van der Waals surface area (Å²) in [6.07, 6.45) is 1.62. The van der Waals surface area contributed by atoms with Gasteiger partial charge < -0.3 is 25.4 Å². The number of rotatable bonds is 14. The summed E-state index contributed by atoms with van der Waals surface area (Å²) in [7, 11) is 1.63. The molecule has 0 aliphatic carbocycles. The van der Waals surface area contributed by atoms with Crippen molar-refractivity contribution in [3.8, 4) is 5.75 Å². The second-order valence-corrected chi connectivity index (χ2v) is 8.56. The van der Waals surface area contributed by atoms with Gasteiger partial charge in [-0.2, -0.15) is 0 Å². The van der Waals surface area contributed by atoms with Gasteiger partial charge in [0.05, 0.1) is 13.2 Å². The predicted octanol–water partition coefficient (Wildman–Crippen LogP) is 3.54. The first kappa shape index (κ1) is 27.3. The summed E-state index contributed by atoms with van der Waals surface area (Å²) in [6, 6.07) is 13.0. The van der Waals surface area contributed by atoms with Gasteiger partial charge in [0.1, 0.15) is 5.75 Å². The molecule has 0 saturated heterocycles. The number of ether oxygens (including phenoxy) is 1. The molecule has 34 heavy (non-hydrogen) atoms. The van der Waals surface area contributed by atoms with Crippen LogP contribution in [0.15, 0.2) is 42.5 Å². The molecule has 0 fully saturated rings. The van der Waals surface area contributed by atoms with E-state index in [4.69, 9.17) is 4.74 Å². The van der Waals surface area contributed by atoms with Crippen molar-refractivity contribution in [1.29, 1.82) is 0 Å². The monoisotopic (exact) mass is 469 g/mol. The van der Waals surface area contributed by atoms with Crippen LogP contribution in [0.3, 0.4) is 0 Å². The van der Waals surface area contributed by atoms with Crippen LogP contribution >= 0.6 is 0 Å². The largest absolute Gasteiger partial charge is 0.497 e. The zero-order valence-electron chi connectivity index (χ0n) is 20.9. The topological polar surface area (TPSA) is 90.9 Å². The van der Waals surface area contributed by atoms with E-state index in [-0.39, 0.29) is 11.8 Å². The molecule has 0 spiro atoms. The standard InChI is InChI=1S/C27H39N3O4/c1-5-12-30(13-6-2)27(33)23-15-20(3)14-22(17-23)26(32)29-11-10-24(31)19-28-18-21-8-7-9-25(16-21)34-4/h7-9,14-17,24,28,31H,5-6,10-13,18-19H2,1-4H3,(H,29,32). The number of carbonyl (C=O) groups excluding carboxylic acids is 2. The average molecular weight is 470 g/mol. The maximum absolute atomic E-state index is 12.9. The number of aliphatic hydroxyl groups is 1. The molecule has 2 aromatic carbocycles. The summed E-state index contributed by atoms with van der Waals surface area (Å²) in [5.74, 6) is 0.512. The van der Waals surface area contributed by atoms with Gasteiger partial charge in [0.25, 0.3) is 11.8 Å². The number of aryl methyl sites for hydroxylation is 1. The summed E-state index contributed by atoms with van der Waals surface area (Å²) in [6.45, 7) is 8.76. The Morgan fingerprint density at radius 2 is 1.76 bits per heavy atom. The molecule has 2 amide bonds. The first-order chi connectivity index (χ1) is 16.4. The van der Waals surface area contributed by atoms with Gasteiger partial charge in [-0.3, -0.25) is 9.59 Å². The van der Waals surface area contributed by atoms with Crippen molar-refractivity contribution in [3.05, 3.63) is 64.7 Å². The Morgan fingerprint density at radius 3 is 2.44 bits per heavy atom. The van der Waals surface area contributed by atoms with E-state index in [9.17, 15) is 14.7 Å². The maximum atomic E-state index is 12.9. The molecule has 3 N–H and O–H groups in total. The van der Waals surface area contributed by atoms with Gasteiger partial charge in [-0.05, 0) is 67.6 Å². The van der Waals surface area contributed by atoms with Crippen LogP contribution in [-0.4, -0.2) is 61.2 Å². The molecule has 0 heterocycles. The highest BCUT2D eigenvalue weighted by molar-refractivity contribution is 6.00. The molecule has 0 aromatic heterocycles. The summed E-state index contributed by atoms with van der Waals surface area (Å²) < 4.78 is 5.22. The lowest BCUT2D eigenvalue weighted by Gasteiger charge is -2.22. The lowest BCUT2D eigenvalue weighted by Crippen LogP contribution is -2.33. The highest BCUT2D eigenvalue weighted by Crippen LogP contribution is 2.14. The molecule has 2 aromatic rings. The first-order valence-electron chi connectivity index (χ1n) is 12.1. The number of nitrogens with zero attached hydrogens (tertiary/aromatic N) is 1. The number of nitrogens with one attached hydrogen (secondary N) is 2. The molecule has 0 radical (unpaired) electrons. The van der Waals surface area contributed by atoms with Crippen molar-refractivity contribution >= 4 is 11.8 Å². The zero-order chi connectivity index (χ0) is 24.9. The van der Waals surface area contributed by atoms with Crippen LogP contribution in [0.25, 0.3) is 0 Å². The number of aliphatic hydroxyl groups excluding tert-OH is 1. The average Bonchev–Trinajstić information content (AvgIpc) is 2.83. The van der Waals surface area contributed by atoms with Gasteiger partial charge in [0, 0.05) is 43.9 Å². The smallest absolute Gasteiger partial charge is 0.253 e. The fourth-order valence-electron chi connectivity index (χ4n) is 3.80. The van der Waals surface area contributed by atoms with Gasteiger partial charge in [0.15, 0.2) is 0 Å². The Kier molecular flexibility index (Phi) is 11.6. The van der Waals surface area contributed by atoms with Gasteiger partial charge in [-0.25, -0.2) is 0 Å². The number of methoxy groups -OCH3 is 1. The lowest BCUT2D eigenvalue weighted by molar-refractivity contribution is 0.0755. The second kappa shape index (κ2) is 14.4. The van der Waals surface area contributed by atoms with Crippen molar-refractivity contribution in [2.45, 2.75) is 52.7 Å². The Balaban J connectivity index is 1.84. The van der Waals surface area contributed by atoms with E-state index in [2.05, 4.69) is 10.6 Å². The number of carbonyl (C=O) groups is 2. The lowest BCUT2D eigenvalue weighted by atomic mass is 10.0. The van der Waals surface area contributed by atoms with Crippen LogP contribution in [0.1, 0.15) is 65.0 Å². The summed E-state index contributed by atoms with van der Waals surface area (Å²) >= 11 is 0.